The average Bonchev–Trinajstić information content (AvgIpc) is 2.02. The summed E-state index contributed by atoms with van der Waals surface area (Å²) in [6.45, 7) is 8.22. The van der Waals surface area contributed by atoms with Crippen molar-refractivity contribution >= 4 is 0 Å². The zero-order chi connectivity index (χ0) is 10.8. The first-order valence-electron chi connectivity index (χ1n) is 5.28. The molecular formula is C10H20N2O2. The minimum atomic E-state index is -0.808. The van der Waals surface area contributed by atoms with Crippen LogP contribution in [0.1, 0.15) is 33.6 Å². The number of nitrogens with zero attached hydrogens (tertiary/aromatic N) is 2. The number of hydrogen-bond donors (Lipinski definition) is 0. The van der Waals surface area contributed by atoms with Crippen LogP contribution >= 0.6 is 0 Å². The lowest BCUT2D eigenvalue weighted by atomic mass is 9.97. The van der Waals surface area contributed by atoms with Gasteiger partial charge < -0.3 is 0 Å². The summed E-state index contributed by atoms with van der Waals surface area (Å²) in [5.74, 6) is 0.686. The summed E-state index contributed by atoms with van der Waals surface area (Å²) in [5.41, 5.74) is -0.808. The van der Waals surface area contributed by atoms with Crippen LogP contribution in [0.15, 0.2) is 0 Å². The molecule has 0 aromatic heterocycles. The molecule has 1 aliphatic rings. The molecule has 0 aliphatic carbocycles. The van der Waals surface area contributed by atoms with E-state index in [4.69, 9.17) is 0 Å². The highest BCUT2D eigenvalue weighted by atomic mass is 16.6. The van der Waals surface area contributed by atoms with E-state index >= 15 is 0 Å². The maximum Gasteiger partial charge on any atom is 0.229 e. The van der Waals surface area contributed by atoms with Crippen LogP contribution in [0, 0.1) is 16.0 Å². The van der Waals surface area contributed by atoms with Crippen LogP contribution in [0.3, 0.4) is 0 Å². The van der Waals surface area contributed by atoms with Crippen LogP contribution < -0.4 is 0 Å². The van der Waals surface area contributed by atoms with E-state index < -0.39 is 5.54 Å². The molecule has 0 bridgehead atoms. The van der Waals surface area contributed by atoms with Crippen LogP contribution in [-0.2, 0) is 0 Å². The van der Waals surface area contributed by atoms with Gasteiger partial charge in [-0.1, -0.05) is 6.92 Å². The number of nitro groups is 1. The SMILES string of the molecule is CC1CCCN(CC(C)(C)[N+](=O)[O-])C1. The molecule has 0 saturated carbocycles. The van der Waals surface area contributed by atoms with E-state index in [-0.39, 0.29) is 4.92 Å². The Morgan fingerprint density at radius 2 is 2.21 bits per heavy atom. The predicted molar refractivity (Wildman–Crippen MR) is 55.9 cm³/mol. The number of rotatable bonds is 3. The van der Waals surface area contributed by atoms with Crippen molar-refractivity contribution in [1.29, 1.82) is 0 Å². The van der Waals surface area contributed by atoms with Crippen LogP contribution in [0.2, 0.25) is 0 Å². The molecule has 0 radical (unpaired) electrons. The van der Waals surface area contributed by atoms with Crippen molar-refractivity contribution in [3.8, 4) is 0 Å². The van der Waals surface area contributed by atoms with Crippen LogP contribution in [-0.4, -0.2) is 35.0 Å². The molecule has 0 spiro atoms. The van der Waals surface area contributed by atoms with Crippen molar-refractivity contribution in [3.63, 3.8) is 0 Å². The van der Waals surface area contributed by atoms with Crippen molar-refractivity contribution in [3.05, 3.63) is 10.1 Å². The summed E-state index contributed by atoms with van der Waals surface area (Å²) in [6, 6.07) is 0. The lowest BCUT2D eigenvalue weighted by molar-refractivity contribution is -0.561. The fourth-order valence-electron chi connectivity index (χ4n) is 2.04. The van der Waals surface area contributed by atoms with Gasteiger partial charge in [-0.3, -0.25) is 15.0 Å². The highest BCUT2D eigenvalue weighted by molar-refractivity contribution is 4.77. The van der Waals surface area contributed by atoms with Crippen molar-refractivity contribution in [1.82, 2.24) is 4.90 Å². The molecule has 0 N–H and O–H groups in total. The molecule has 1 unspecified atom stereocenters. The Balaban J connectivity index is 2.47. The Labute approximate surface area is 85.4 Å². The Morgan fingerprint density at radius 3 is 2.71 bits per heavy atom. The number of likely N-dealkylation sites (tertiary alicyclic amines) is 1. The minimum absolute atomic E-state index is 0.174. The molecule has 1 saturated heterocycles. The third kappa shape index (κ3) is 2.94. The van der Waals surface area contributed by atoms with Gasteiger partial charge in [0, 0.05) is 25.3 Å². The molecule has 4 heteroatoms. The van der Waals surface area contributed by atoms with Crippen LogP contribution in [0.25, 0.3) is 0 Å². The Hall–Kier alpha value is -0.640. The van der Waals surface area contributed by atoms with E-state index in [2.05, 4.69) is 11.8 Å². The highest BCUT2D eigenvalue weighted by Gasteiger charge is 2.34. The van der Waals surface area contributed by atoms with Crippen molar-refractivity contribution in [2.45, 2.75) is 39.2 Å². The lowest BCUT2D eigenvalue weighted by Crippen LogP contribution is -2.47. The first-order valence-corrected chi connectivity index (χ1v) is 5.28. The molecular weight excluding hydrogens is 180 g/mol. The summed E-state index contributed by atoms with van der Waals surface area (Å²) in [5, 5.41) is 10.8. The zero-order valence-electron chi connectivity index (χ0n) is 9.32. The zero-order valence-corrected chi connectivity index (χ0v) is 9.32. The molecule has 14 heavy (non-hydrogen) atoms. The topological polar surface area (TPSA) is 46.4 Å². The van der Waals surface area contributed by atoms with Gasteiger partial charge in [-0.15, -0.1) is 0 Å². The molecule has 1 fully saturated rings. The molecule has 0 aromatic rings. The first-order chi connectivity index (χ1) is 6.42. The average molecular weight is 200 g/mol. The van der Waals surface area contributed by atoms with E-state index in [9.17, 15) is 10.1 Å². The fraction of sp³-hybridized carbons (Fsp3) is 1.00. The summed E-state index contributed by atoms with van der Waals surface area (Å²) in [4.78, 5) is 12.8. The van der Waals surface area contributed by atoms with Crippen LogP contribution in [0.4, 0.5) is 0 Å². The van der Waals surface area contributed by atoms with Crippen LogP contribution in [0.5, 0.6) is 0 Å². The fourth-order valence-corrected chi connectivity index (χ4v) is 2.04. The Morgan fingerprint density at radius 1 is 1.57 bits per heavy atom. The Bertz CT molecular complexity index is 216. The molecule has 1 aliphatic heterocycles. The van der Waals surface area contributed by atoms with E-state index in [1.54, 1.807) is 13.8 Å². The normalized spacial score (nSPS) is 24.9. The third-order valence-corrected chi connectivity index (χ3v) is 2.85. The van der Waals surface area contributed by atoms with Gasteiger partial charge in [0.2, 0.25) is 5.54 Å². The maximum atomic E-state index is 10.8. The van der Waals surface area contributed by atoms with E-state index in [1.807, 2.05) is 0 Å². The maximum absolute atomic E-state index is 10.8. The van der Waals surface area contributed by atoms with Gasteiger partial charge in [0.05, 0.1) is 6.54 Å². The summed E-state index contributed by atoms with van der Waals surface area (Å²) >= 11 is 0. The summed E-state index contributed by atoms with van der Waals surface area (Å²) in [6.07, 6.45) is 2.43. The van der Waals surface area contributed by atoms with Gasteiger partial charge in [-0.05, 0) is 25.3 Å². The van der Waals surface area contributed by atoms with Gasteiger partial charge in [0.1, 0.15) is 0 Å². The molecule has 82 valence electrons. The van der Waals surface area contributed by atoms with Gasteiger partial charge >= 0.3 is 0 Å². The van der Waals surface area contributed by atoms with E-state index in [0.717, 1.165) is 13.1 Å². The smallest absolute Gasteiger partial charge is 0.229 e. The van der Waals surface area contributed by atoms with Gasteiger partial charge in [0.25, 0.3) is 0 Å². The Kier molecular flexibility index (Phi) is 3.48. The molecule has 1 atom stereocenters. The van der Waals surface area contributed by atoms with E-state index in [0.29, 0.717) is 12.5 Å². The molecule has 0 aromatic carbocycles. The standard InChI is InChI=1S/C10H20N2O2/c1-9-5-4-6-11(7-9)8-10(2,3)12(13)14/h9H,4-8H2,1-3H3. The number of piperidine rings is 1. The second-order valence-corrected chi connectivity index (χ2v) is 5.05. The van der Waals surface area contributed by atoms with Crippen molar-refractivity contribution < 1.29 is 4.92 Å². The lowest BCUT2D eigenvalue weighted by Gasteiger charge is -2.33. The first kappa shape index (κ1) is 11.4. The molecule has 1 rings (SSSR count). The molecule has 0 amide bonds. The summed E-state index contributed by atoms with van der Waals surface area (Å²) < 4.78 is 0. The largest absolute Gasteiger partial charge is 0.296 e. The van der Waals surface area contributed by atoms with Crippen molar-refractivity contribution in [2.75, 3.05) is 19.6 Å². The quantitative estimate of drug-likeness (QED) is 0.515. The second kappa shape index (κ2) is 4.26. The summed E-state index contributed by atoms with van der Waals surface area (Å²) in [7, 11) is 0. The predicted octanol–water partition coefficient (Wildman–Crippen LogP) is 1.77. The molecule has 1 heterocycles. The highest BCUT2D eigenvalue weighted by Crippen LogP contribution is 2.18. The second-order valence-electron chi connectivity index (χ2n) is 5.05. The third-order valence-electron chi connectivity index (χ3n) is 2.85. The van der Waals surface area contributed by atoms with Gasteiger partial charge in [-0.2, -0.15) is 0 Å². The minimum Gasteiger partial charge on any atom is -0.296 e. The monoisotopic (exact) mass is 200 g/mol. The van der Waals surface area contributed by atoms with Gasteiger partial charge in [0.15, 0.2) is 0 Å². The van der Waals surface area contributed by atoms with Crippen molar-refractivity contribution in [2.24, 2.45) is 5.92 Å². The number of hydrogen-bond acceptors (Lipinski definition) is 3. The molecule has 4 nitrogen and oxygen atoms in total. The van der Waals surface area contributed by atoms with E-state index in [1.165, 1.54) is 12.8 Å². The van der Waals surface area contributed by atoms with Gasteiger partial charge in [-0.25, -0.2) is 0 Å².